The van der Waals surface area contributed by atoms with Crippen molar-refractivity contribution in [2.75, 3.05) is 25.0 Å². The molecule has 1 aliphatic rings. The zero-order valence-corrected chi connectivity index (χ0v) is 16.5. The van der Waals surface area contributed by atoms with E-state index in [1.165, 1.54) is 5.56 Å². The minimum absolute atomic E-state index is 0.00349. The van der Waals surface area contributed by atoms with Gasteiger partial charge in [0.1, 0.15) is 0 Å². The summed E-state index contributed by atoms with van der Waals surface area (Å²) in [5.41, 5.74) is 3.19. The Kier molecular flexibility index (Phi) is 7.20. The van der Waals surface area contributed by atoms with Crippen LogP contribution in [0.2, 0.25) is 0 Å². The molecule has 0 aliphatic carbocycles. The number of hydrogen-bond acceptors (Lipinski definition) is 3. The minimum Gasteiger partial charge on any atom is -0.352 e. The van der Waals surface area contributed by atoms with Crippen LogP contribution in [0.5, 0.6) is 0 Å². The van der Waals surface area contributed by atoms with Crippen LogP contribution in [0.3, 0.4) is 0 Å². The zero-order chi connectivity index (χ0) is 19.8. The predicted octanol–water partition coefficient (Wildman–Crippen LogP) is 3.22. The Bertz CT molecular complexity index is 766. The van der Waals surface area contributed by atoms with Gasteiger partial charge in [0.05, 0.1) is 6.54 Å². The summed E-state index contributed by atoms with van der Waals surface area (Å²) < 4.78 is 0. The predicted molar refractivity (Wildman–Crippen MR) is 112 cm³/mol. The SMILES string of the molecule is CCc1ccc(NC(=O)CN2CCC(C(=O)NCc3ccccc3)CC2)cc1. The van der Waals surface area contributed by atoms with Gasteiger partial charge < -0.3 is 10.6 Å². The van der Waals surface area contributed by atoms with Crippen molar-refractivity contribution in [2.45, 2.75) is 32.7 Å². The molecule has 1 fully saturated rings. The summed E-state index contributed by atoms with van der Waals surface area (Å²) in [7, 11) is 0. The van der Waals surface area contributed by atoms with Crippen LogP contribution >= 0.6 is 0 Å². The topological polar surface area (TPSA) is 61.4 Å². The van der Waals surface area contributed by atoms with E-state index in [9.17, 15) is 9.59 Å². The van der Waals surface area contributed by atoms with E-state index in [0.717, 1.165) is 43.6 Å². The lowest BCUT2D eigenvalue weighted by Crippen LogP contribution is -2.43. The van der Waals surface area contributed by atoms with E-state index >= 15 is 0 Å². The number of anilines is 1. The van der Waals surface area contributed by atoms with Crippen molar-refractivity contribution in [1.82, 2.24) is 10.2 Å². The van der Waals surface area contributed by atoms with Crippen molar-refractivity contribution in [3.8, 4) is 0 Å². The number of rotatable bonds is 7. The number of nitrogens with one attached hydrogen (secondary N) is 2. The average molecular weight is 380 g/mol. The highest BCUT2D eigenvalue weighted by Gasteiger charge is 2.25. The highest BCUT2D eigenvalue weighted by Crippen LogP contribution is 2.18. The van der Waals surface area contributed by atoms with Crippen LogP contribution in [0.4, 0.5) is 5.69 Å². The second-order valence-electron chi connectivity index (χ2n) is 7.35. The third kappa shape index (κ3) is 5.92. The van der Waals surface area contributed by atoms with E-state index in [-0.39, 0.29) is 17.7 Å². The molecule has 2 aromatic rings. The van der Waals surface area contributed by atoms with Gasteiger partial charge in [-0.3, -0.25) is 14.5 Å². The number of benzene rings is 2. The van der Waals surface area contributed by atoms with E-state index in [1.54, 1.807) is 0 Å². The molecule has 2 amide bonds. The number of nitrogens with zero attached hydrogens (tertiary/aromatic N) is 1. The molecule has 148 valence electrons. The van der Waals surface area contributed by atoms with Gasteiger partial charge in [0.2, 0.25) is 11.8 Å². The van der Waals surface area contributed by atoms with Gasteiger partial charge in [0, 0.05) is 18.2 Å². The number of carbonyl (C=O) groups is 2. The molecule has 1 aliphatic heterocycles. The third-order valence-corrected chi connectivity index (χ3v) is 5.28. The van der Waals surface area contributed by atoms with E-state index in [1.807, 2.05) is 54.6 Å². The van der Waals surface area contributed by atoms with Crippen LogP contribution in [0.1, 0.15) is 30.9 Å². The maximum absolute atomic E-state index is 12.4. The van der Waals surface area contributed by atoms with Gasteiger partial charge >= 0.3 is 0 Å². The molecule has 3 rings (SSSR count). The van der Waals surface area contributed by atoms with Crippen LogP contribution < -0.4 is 10.6 Å². The lowest BCUT2D eigenvalue weighted by molar-refractivity contribution is -0.126. The monoisotopic (exact) mass is 379 g/mol. The smallest absolute Gasteiger partial charge is 0.238 e. The first-order valence-electron chi connectivity index (χ1n) is 10.1. The summed E-state index contributed by atoms with van der Waals surface area (Å²) in [5.74, 6) is 0.143. The maximum Gasteiger partial charge on any atom is 0.238 e. The van der Waals surface area contributed by atoms with Gasteiger partial charge in [0.25, 0.3) is 0 Å². The van der Waals surface area contributed by atoms with Crippen LogP contribution in [-0.2, 0) is 22.6 Å². The molecule has 0 saturated carbocycles. The molecule has 2 N–H and O–H groups in total. The normalized spacial score (nSPS) is 15.2. The molecule has 5 heteroatoms. The molecule has 0 radical (unpaired) electrons. The lowest BCUT2D eigenvalue weighted by Gasteiger charge is -2.30. The summed E-state index contributed by atoms with van der Waals surface area (Å²) >= 11 is 0. The second kappa shape index (κ2) is 10.0. The molecule has 0 aromatic heterocycles. The first-order chi connectivity index (χ1) is 13.6. The number of aryl methyl sites for hydroxylation is 1. The summed E-state index contributed by atoms with van der Waals surface area (Å²) in [5, 5.41) is 5.98. The Balaban J connectivity index is 1.38. The Morgan fingerprint density at radius 3 is 2.29 bits per heavy atom. The van der Waals surface area contributed by atoms with Crippen LogP contribution in [0.25, 0.3) is 0 Å². The molecule has 0 unspecified atom stereocenters. The summed E-state index contributed by atoms with van der Waals surface area (Å²) in [6, 6.07) is 17.9. The summed E-state index contributed by atoms with van der Waals surface area (Å²) in [6.07, 6.45) is 2.57. The molecule has 0 bridgehead atoms. The fourth-order valence-electron chi connectivity index (χ4n) is 3.51. The Labute approximate surface area is 167 Å². The quantitative estimate of drug-likeness (QED) is 0.777. The van der Waals surface area contributed by atoms with Gasteiger partial charge in [-0.1, -0.05) is 49.4 Å². The van der Waals surface area contributed by atoms with Crippen molar-refractivity contribution in [3.63, 3.8) is 0 Å². The summed E-state index contributed by atoms with van der Waals surface area (Å²) in [6.45, 7) is 4.59. The highest BCUT2D eigenvalue weighted by atomic mass is 16.2. The number of carbonyl (C=O) groups excluding carboxylic acids is 2. The van der Waals surface area contributed by atoms with E-state index in [4.69, 9.17) is 0 Å². The van der Waals surface area contributed by atoms with Crippen LogP contribution in [0.15, 0.2) is 54.6 Å². The average Bonchev–Trinajstić information content (AvgIpc) is 2.74. The molecule has 5 nitrogen and oxygen atoms in total. The van der Waals surface area contributed by atoms with Crippen LogP contribution in [-0.4, -0.2) is 36.3 Å². The molecular weight excluding hydrogens is 350 g/mol. The van der Waals surface area contributed by atoms with Gasteiger partial charge in [0.15, 0.2) is 0 Å². The number of amides is 2. The van der Waals surface area contributed by atoms with Gasteiger partial charge in [-0.2, -0.15) is 0 Å². The van der Waals surface area contributed by atoms with Gasteiger partial charge in [-0.15, -0.1) is 0 Å². The fraction of sp³-hybridized carbons (Fsp3) is 0.391. The first-order valence-corrected chi connectivity index (χ1v) is 10.1. The Morgan fingerprint density at radius 2 is 1.64 bits per heavy atom. The van der Waals surface area contributed by atoms with Crippen molar-refractivity contribution in [2.24, 2.45) is 5.92 Å². The molecule has 0 spiro atoms. The zero-order valence-electron chi connectivity index (χ0n) is 16.5. The van der Waals surface area contributed by atoms with E-state index in [2.05, 4.69) is 22.5 Å². The standard InChI is InChI=1S/C23H29N3O2/c1-2-18-8-10-21(11-9-18)25-22(27)17-26-14-12-20(13-15-26)23(28)24-16-19-6-4-3-5-7-19/h3-11,20H,2,12-17H2,1H3,(H,24,28)(H,25,27). The molecule has 2 aromatic carbocycles. The van der Waals surface area contributed by atoms with Gasteiger partial charge in [-0.25, -0.2) is 0 Å². The fourth-order valence-corrected chi connectivity index (χ4v) is 3.51. The molecule has 28 heavy (non-hydrogen) atoms. The van der Waals surface area contributed by atoms with E-state index in [0.29, 0.717) is 13.1 Å². The second-order valence-corrected chi connectivity index (χ2v) is 7.35. The first kappa shape index (κ1) is 20.1. The molecule has 1 saturated heterocycles. The Morgan fingerprint density at radius 1 is 0.964 bits per heavy atom. The number of piperidine rings is 1. The summed E-state index contributed by atoms with van der Waals surface area (Å²) in [4.78, 5) is 26.8. The minimum atomic E-state index is -0.00349. The Hall–Kier alpha value is -2.66. The number of hydrogen-bond donors (Lipinski definition) is 2. The van der Waals surface area contributed by atoms with E-state index < -0.39 is 0 Å². The largest absolute Gasteiger partial charge is 0.352 e. The number of likely N-dealkylation sites (tertiary alicyclic amines) is 1. The van der Waals surface area contributed by atoms with Gasteiger partial charge in [-0.05, 0) is 55.6 Å². The molecule has 0 atom stereocenters. The van der Waals surface area contributed by atoms with Crippen molar-refractivity contribution >= 4 is 17.5 Å². The lowest BCUT2D eigenvalue weighted by atomic mass is 9.96. The molecular formula is C23H29N3O2. The third-order valence-electron chi connectivity index (χ3n) is 5.28. The van der Waals surface area contributed by atoms with Crippen molar-refractivity contribution in [1.29, 1.82) is 0 Å². The van der Waals surface area contributed by atoms with Crippen LogP contribution in [0, 0.1) is 5.92 Å². The highest BCUT2D eigenvalue weighted by molar-refractivity contribution is 5.92. The molecule has 1 heterocycles. The van der Waals surface area contributed by atoms with Crippen molar-refractivity contribution < 1.29 is 9.59 Å². The maximum atomic E-state index is 12.4. The van der Waals surface area contributed by atoms with Crippen molar-refractivity contribution in [3.05, 3.63) is 65.7 Å².